The molecular weight excluding hydrogens is 362 g/mol. The number of piperidine rings is 1. The molecule has 1 aromatic carbocycles. The molecule has 3 rings (SSSR count). The maximum absolute atomic E-state index is 13.5. The highest BCUT2D eigenvalue weighted by Crippen LogP contribution is 2.34. The fourth-order valence-electron chi connectivity index (χ4n) is 4.29. The highest BCUT2D eigenvalue weighted by atomic mass is 35.5. The standard InChI is InChI=1S/C21H30ClN3O2/c22-15-19(26)23-16-17-9-13-25(14-10-17)20(27)21(11-5-2-6-12-21)24-18-7-3-1-4-8-18/h1,3-4,7-8,17,24H,2,5-6,9-16H2,(H,23,26). The van der Waals surface area contributed by atoms with E-state index in [9.17, 15) is 9.59 Å². The van der Waals surface area contributed by atoms with E-state index in [0.717, 1.165) is 57.3 Å². The summed E-state index contributed by atoms with van der Waals surface area (Å²) in [5.74, 6) is 0.550. The van der Waals surface area contributed by atoms with Gasteiger partial charge in [0.25, 0.3) is 0 Å². The number of amides is 2. The van der Waals surface area contributed by atoms with E-state index in [2.05, 4.69) is 10.6 Å². The monoisotopic (exact) mass is 391 g/mol. The molecule has 0 radical (unpaired) electrons. The average Bonchev–Trinajstić information content (AvgIpc) is 2.73. The first-order valence-electron chi connectivity index (χ1n) is 10.1. The molecule has 1 saturated heterocycles. The molecule has 0 bridgehead atoms. The molecule has 5 nitrogen and oxygen atoms in total. The second-order valence-corrected chi connectivity index (χ2v) is 8.07. The summed E-state index contributed by atoms with van der Waals surface area (Å²) in [6, 6.07) is 10.1. The number of alkyl halides is 1. The Hall–Kier alpha value is -1.75. The Morgan fingerprint density at radius 2 is 1.74 bits per heavy atom. The van der Waals surface area contributed by atoms with E-state index < -0.39 is 5.54 Å². The maximum atomic E-state index is 13.5. The van der Waals surface area contributed by atoms with Crippen LogP contribution in [0.15, 0.2) is 30.3 Å². The van der Waals surface area contributed by atoms with Gasteiger partial charge in [-0.1, -0.05) is 37.5 Å². The number of anilines is 1. The number of likely N-dealkylation sites (tertiary alicyclic amines) is 1. The van der Waals surface area contributed by atoms with Crippen LogP contribution in [0.25, 0.3) is 0 Å². The summed E-state index contributed by atoms with van der Waals surface area (Å²) in [4.78, 5) is 26.8. The van der Waals surface area contributed by atoms with Crippen LogP contribution in [0, 0.1) is 5.92 Å². The largest absolute Gasteiger partial charge is 0.371 e. The molecule has 1 aliphatic carbocycles. The van der Waals surface area contributed by atoms with Crippen molar-refractivity contribution in [1.82, 2.24) is 10.2 Å². The number of nitrogens with zero attached hydrogens (tertiary/aromatic N) is 1. The molecule has 2 fully saturated rings. The first-order valence-corrected chi connectivity index (χ1v) is 10.6. The summed E-state index contributed by atoms with van der Waals surface area (Å²) in [6.45, 7) is 2.18. The van der Waals surface area contributed by atoms with Gasteiger partial charge in [-0.2, -0.15) is 0 Å². The summed E-state index contributed by atoms with van der Waals surface area (Å²) < 4.78 is 0. The van der Waals surface area contributed by atoms with E-state index >= 15 is 0 Å². The molecule has 1 aliphatic heterocycles. The molecular formula is C21H30ClN3O2. The van der Waals surface area contributed by atoms with E-state index in [1.807, 2.05) is 35.2 Å². The molecule has 2 aliphatic rings. The van der Waals surface area contributed by atoms with Gasteiger partial charge in [-0.05, 0) is 43.7 Å². The zero-order valence-electron chi connectivity index (χ0n) is 15.9. The van der Waals surface area contributed by atoms with Gasteiger partial charge in [0, 0.05) is 25.3 Å². The van der Waals surface area contributed by atoms with Crippen LogP contribution in [0.1, 0.15) is 44.9 Å². The average molecular weight is 392 g/mol. The number of hydrogen-bond acceptors (Lipinski definition) is 3. The van der Waals surface area contributed by atoms with Crippen LogP contribution in [0.2, 0.25) is 0 Å². The number of nitrogens with one attached hydrogen (secondary N) is 2. The molecule has 0 aromatic heterocycles. The lowest BCUT2D eigenvalue weighted by Gasteiger charge is -2.43. The molecule has 2 N–H and O–H groups in total. The second kappa shape index (κ2) is 9.45. The van der Waals surface area contributed by atoms with Gasteiger partial charge < -0.3 is 15.5 Å². The van der Waals surface area contributed by atoms with Gasteiger partial charge in [-0.25, -0.2) is 0 Å². The molecule has 148 valence electrons. The van der Waals surface area contributed by atoms with Crippen LogP contribution in [0.4, 0.5) is 5.69 Å². The lowest BCUT2D eigenvalue weighted by Crippen LogP contribution is -2.56. The molecule has 2 amide bonds. The quantitative estimate of drug-likeness (QED) is 0.730. The zero-order valence-corrected chi connectivity index (χ0v) is 16.6. The van der Waals surface area contributed by atoms with E-state index in [1.165, 1.54) is 6.42 Å². The summed E-state index contributed by atoms with van der Waals surface area (Å²) in [5.41, 5.74) is 0.547. The first-order chi connectivity index (χ1) is 13.1. The molecule has 1 aromatic rings. The molecule has 6 heteroatoms. The maximum Gasteiger partial charge on any atom is 0.248 e. The Kier molecular flexibility index (Phi) is 7.00. The molecule has 0 unspecified atom stereocenters. The summed E-state index contributed by atoms with van der Waals surface area (Å²) in [5, 5.41) is 6.45. The highest BCUT2D eigenvalue weighted by molar-refractivity contribution is 6.27. The highest BCUT2D eigenvalue weighted by Gasteiger charge is 2.42. The Morgan fingerprint density at radius 1 is 1.07 bits per heavy atom. The van der Waals surface area contributed by atoms with Crippen LogP contribution < -0.4 is 10.6 Å². The van der Waals surface area contributed by atoms with Gasteiger partial charge in [0.15, 0.2) is 0 Å². The molecule has 0 spiro atoms. The molecule has 1 heterocycles. The Balaban J connectivity index is 1.61. The van der Waals surface area contributed by atoms with E-state index in [0.29, 0.717) is 12.5 Å². The van der Waals surface area contributed by atoms with Crippen LogP contribution in [-0.2, 0) is 9.59 Å². The lowest BCUT2D eigenvalue weighted by atomic mass is 9.79. The van der Waals surface area contributed by atoms with Gasteiger partial charge >= 0.3 is 0 Å². The third-order valence-electron chi connectivity index (χ3n) is 5.88. The number of carbonyl (C=O) groups is 2. The summed E-state index contributed by atoms with van der Waals surface area (Å²) in [6.07, 6.45) is 7.02. The Labute approximate surface area is 166 Å². The third-order valence-corrected chi connectivity index (χ3v) is 6.13. The van der Waals surface area contributed by atoms with Crippen molar-refractivity contribution < 1.29 is 9.59 Å². The van der Waals surface area contributed by atoms with Crippen LogP contribution in [0.3, 0.4) is 0 Å². The smallest absolute Gasteiger partial charge is 0.248 e. The van der Waals surface area contributed by atoms with Crippen LogP contribution >= 0.6 is 11.6 Å². The predicted octanol–water partition coefficient (Wildman–Crippen LogP) is 3.40. The van der Waals surface area contributed by atoms with Crippen molar-refractivity contribution >= 4 is 29.1 Å². The van der Waals surface area contributed by atoms with Crippen molar-refractivity contribution in [1.29, 1.82) is 0 Å². The van der Waals surface area contributed by atoms with Crippen molar-refractivity contribution in [2.24, 2.45) is 5.92 Å². The van der Waals surface area contributed by atoms with E-state index in [1.54, 1.807) is 0 Å². The van der Waals surface area contributed by atoms with Crippen molar-refractivity contribution in [2.75, 3.05) is 30.8 Å². The minimum atomic E-state index is -0.473. The molecule has 0 atom stereocenters. The number of para-hydroxylation sites is 1. The number of hydrogen-bond donors (Lipinski definition) is 2. The minimum absolute atomic E-state index is 0.00497. The molecule has 1 saturated carbocycles. The summed E-state index contributed by atoms with van der Waals surface area (Å²) in [7, 11) is 0. The zero-order chi connectivity index (χ0) is 19.1. The predicted molar refractivity (Wildman–Crippen MR) is 109 cm³/mol. The van der Waals surface area contributed by atoms with Gasteiger partial charge in [0.05, 0.1) is 0 Å². The van der Waals surface area contributed by atoms with Crippen molar-refractivity contribution in [3.8, 4) is 0 Å². The van der Waals surface area contributed by atoms with Gasteiger partial charge in [0.2, 0.25) is 11.8 Å². The number of carbonyl (C=O) groups excluding carboxylic acids is 2. The van der Waals surface area contributed by atoms with Crippen LogP contribution in [0.5, 0.6) is 0 Å². The SMILES string of the molecule is O=C(CCl)NCC1CCN(C(=O)C2(Nc3ccccc3)CCCCC2)CC1. The van der Waals surface area contributed by atoms with Gasteiger partial charge in [0.1, 0.15) is 11.4 Å². The Bertz CT molecular complexity index is 624. The van der Waals surface area contributed by atoms with Crippen molar-refractivity contribution in [2.45, 2.75) is 50.5 Å². The fraction of sp³-hybridized carbons (Fsp3) is 0.619. The number of halogens is 1. The van der Waals surface area contributed by atoms with E-state index in [-0.39, 0.29) is 17.7 Å². The van der Waals surface area contributed by atoms with E-state index in [4.69, 9.17) is 11.6 Å². The topological polar surface area (TPSA) is 61.4 Å². The number of benzene rings is 1. The third kappa shape index (κ3) is 5.16. The van der Waals surface area contributed by atoms with Gasteiger partial charge in [-0.3, -0.25) is 9.59 Å². The normalized spacial score (nSPS) is 20.1. The van der Waals surface area contributed by atoms with Crippen molar-refractivity contribution in [3.63, 3.8) is 0 Å². The fourth-order valence-corrected chi connectivity index (χ4v) is 4.39. The second-order valence-electron chi connectivity index (χ2n) is 7.81. The Morgan fingerprint density at radius 3 is 2.37 bits per heavy atom. The lowest BCUT2D eigenvalue weighted by molar-refractivity contribution is -0.138. The van der Waals surface area contributed by atoms with Crippen molar-refractivity contribution in [3.05, 3.63) is 30.3 Å². The van der Waals surface area contributed by atoms with Gasteiger partial charge in [-0.15, -0.1) is 11.6 Å². The molecule has 27 heavy (non-hydrogen) atoms. The summed E-state index contributed by atoms with van der Waals surface area (Å²) >= 11 is 5.53. The minimum Gasteiger partial charge on any atom is -0.371 e. The first kappa shape index (κ1) is 20.0. The van der Waals surface area contributed by atoms with Crippen LogP contribution in [-0.4, -0.2) is 47.8 Å². The number of rotatable bonds is 6.